The molecule has 252 valence electrons. The van der Waals surface area contributed by atoms with Crippen molar-refractivity contribution in [1.82, 2.24) is 4.72 Å². The second-order valence-corrected chi connectivity index (χ2v) is 14.7. The van der Waals surface area contributed by atoms with E-state index in [1.54, 1.807) is 42.5 Å². The summed E-state index contributed by atoms with van der Waals surface area (Å²) in [4.78, 5) is 12.7. The molecule has 4 atom stereocenters. The molecule has 1 saturated heterocycles. The van der Waals surface area contributed by atoms with Crippen LogP contribution in [0, 0.1) is 5.92 Å². The van der Waals surface area contributed by atoms with Crippen molar-refractivity contribution in [1.29, 1.82) is 0 Å². The molecule has 0 unspecified atom stereocenters. The standard InChI is InChI=1S/C39H37NO7S2/c1-26-35(25-48-36-13-6-5-12-34(36)38(42)43)46-39(47-37(26)30-16-14-27(24-41)15-17-30)31-20-18-29(19-21-31)32-9-7-8-28(22-32)23-40-49(44,45)33-10-3-2-4-11-33/h2-22,26,35,37,39-41H,23-25H2,1H3,(H,42,43)/t26-,35+,37+,39+/m1/s1. The largest absolute Gasteiger partial charge is 0.478 e. The molecule has 0 radical (unpaired) electrons. The second kappa shape index (κ2) is 15.5. The van der Waals surface area contributed by atoms with Crippen LogP contribution in [0.2, 0.25) is 0 Å². The van der Waals surface area contributed by atoms with Crippen molar-refractivity contribution in [3.05, 3.63) is 155 Å². The van der Waals surface area contributed by atoms with Crippen LogP contribution in [0.3, 0.4) is 0 Å². The molecule has 0 aliphatic carbocycles. The summed E-state index contributed by atoms with van der Waals surface area (Å²) in [6.45, 7) is 2.18. The van der Waals surface area contributed by atoms with E-state index in [4.69, 9.17) is 9.47 Å². The van der Waals surface area contributed by atoms with E-state index in [-0.39, 0.29) is 41.7 Å². The van der Waals surface area contributed by atoms with Crippen LogP contribution in [0.5, 0.6) is 0 Å². The van der Waals surface area contributed by atoms with E-state index in [0.717, 1.165) is 33.4 Å². The summed E-state index contributed by atoms with van der Waals surface area (Å²) in [6, 6.07) is 38.6. The van der Waals surface area contributed by atoms with Crippen LogP contribution in [0.25, 0.3) is 11.1 Å². The van der Waals surface area contributed by atoms with Gasteiger partial charge in [0, 0.05) is 28.7 Å². The quantitative estimate of drug-likeness (QED) is 0.114. The van der Waals surface area contributed by atoms with Crippen molar-refractivity contribution < 1.29 is 32.9 Å². The highest BCUT2D eigenvalue weighted by molar-refractivity contribution is 7.99. The first-order valence-corrected chi connectivity index (χ1v) is 18.4. The number of hydrogen-bond acceptors (Lipinski definition) is 7. The van der Waals surface area contributed by atoms with Gasteiger partial charge in [-0.2, -0.15) is 0 Å². The van der Waals surface area contributed by atoms with Crippen LogP contribution in [0.4, 0.5) is 0 Å². The van der Waals surface area contributed by atoms with Gasteiger partial charge in [0.1, 0.15) is 0 Å². The Morgan fingerprint density at radius 1 is 0.776 bits per heavy atom. The van der Waals surface area contributed by atoms with Gasteiger partial charge >= 0.3 is 5.97 Å². The van der Waals surface area contributed by atoms with Gasteiger partial charge in [0.25, 0.3) is 0 Å². The minimum Gasteiger partial charge on any atom is -0.478 e. The van der Waals surface area contributed by atoms with E-state index < -0.39 is 22.3 Å². The number of carboxylic acids is 1. The maximum absolute atomic E-state index is 12.7. The van der Waals surface area contributed by atoms with E-state index in [9.17, 15) is 23.4 Å². The summed E-state index contributed by atoms with van der Waals surface area (Å²) in [5.41, 5.74) is 5.59. The van der Waals surface area contributed by atoms with Gasteiger partial charge in [-0.05, 0) is 58.1 Å². The second-order valence-electron chi connectivity index (χ2n) is 11.9. The smallest absolute Gasteiger partial charge is 0.336 e. The van der Waals surface area contributed by atoms with Crippen molar-refractivity contribution in [2.75, 3.05) is 5.75 Å². The third kappa shape index (κ3) is 8.30. The minimum absolute atomic E-state index is 0.0477. The maximum Gasteiger partial charge on any atom is 0.336 e. The molecule has 0 spiro atoms. The number of hydrogen-bond donors (Lipinski definition) is 3. The first kappa shape index (κ1) is 34.6. The Morgan fingerprint density at radius 3 is 2.18 bits per heavy atom. The fourth-order valence-electron chi connectivity index (χ4n) is 5.81. The number of aromatic carboxylic acids is 1. The van der Waals surface area contributed by atoms with E-state index in [2.05, 4.69) is 11.6 Å². The fraction of sp³-hybridized carbons (Fsp3) is 0.205. The minimum atomic E-state index is -3.63. The summed E-state index contributed by atoms with van der Waals surface area (Å²) < 4.78 is 41.3. The Kier molecular flexibility index (Phi) is 10.9. The van der Waals surface area contributed by atoms with Crippen molar-refractivity contribution >= 4 is 27.8 Å². The zero-order chi connectivity index (χ0) is 34.4. The lowest BCUT2D eigenvalue weighted by molar-refractivity contribution is -0.268. The molecule has 1 aliphatic heterocycles. The van der Waals surface area contributed by atoms with E-state index in [0.29, 0.717) is 10.6 Å². The maximum atomic E-state index is 12.7. The number of aliphatic hydroxyl groups is 1. The Morgan fingerprint density at radius 2 is 1.47 bits per heavy atom. The molecule has 1 aliphatic rings. The number of sulfonamides is 1. The summed E-state index contributed by atoms with van der Waals surface area (Å²) in [6.07, 6.45) is -1.24. The highest BCUT2D eigenvalue weighted by atomic mass is 32.2. The summed E-state index contributed by atoms with van der Waals surface area (Å²) >= 11 is 1.45. The van der Waals surface area contributed by atoms with Crippen LogP contribution < -0.4 is 4.72 Å². The van der Waals surface area contributed by atoms with E-state index in [1.165, 1.54) is 11.8 Å². The monoisotopic (exact) mass is 695 g/mol. The normalized spacial score (nSPS) is 19.4. The predicted octanol–water partition coefficient (Wildman–Crippen LogP) is 7.61. The molecule has 0 bridgehead atoms. The zero-order valence-corrected chi connectivity index (χ0v) is 28.4. The lowest BCUT2D eigenvalue weighted by atomic mass is 9.91. The number of rotatable bonds is 12. The van der Waals surface area contributed by atoms with Gasteiger partial charge in [-0.3, -0.25) is 0 Å². The van der Waals surface area contributed by atoms with Crippen molar-refractivity contribution in [3.63, 3.8) is 0 Å². The van der Waals surface area contributed by atoms with Crippen molar-refractivity contribution in [2.45, 2.75) is 48.4 Å². The van der Waals surface area contributed by atoms with Gasteiger partial charge in [0.05, 0.1) is 29.3 Å². The van der Waals surface area contributed by atoms with E-state index in [1.807, 2.05) is 84.9 Å². The first-order chi connectivity index (χ1) is 23.7. The topological polar surface area (TPSA) is 122 Å². The predicted molar refractivity (Wildman–Crippen MR) is 189 cm³/mol. The first-order valence-electron chi connectivity index (χ1n) is 15.9. The summed E-state index contributed by atoms with van der Waals surface area (Å²) in [5.74, 6) is -0.500. The Hall–Kier alpha value is -4.29. The van der Waals surface area contributed by atoms with Crippen LogP contribution in [-0.2, 0) is 32.6 Å². The van der Waals surface area contributed by atoms with E-state index >= 15 is 0 Å². The highest BCUT2D eigenvalue weighted by Crippen LogP contribution is 2.43. The lowest BCUT2D eigenvalue weighted by Crippen LogP contribution is -2.38. The molecule has 1 fully saturated rings. The molecule has 0 aromatic heterocycles. The number of carbonyl (C=O) groups is 1. The molecular formula is C39H37NO7S2. The van der Waals surface area contributed by atoms with Gasteiger partial charge < -0.3 is 19.7 Å². The number of ether oxygens (including phenoxy) is 2. The number of thioether (sulfide) groups is 1. The average molecular weight is 696 g/mol. The molecule has 8 nitrogen and oxygen atoms in total. The molecule has 6 rings (SSSR count). The van der Waals surface area contributed by atoms with Crippen LogP contribution in [0.15, 0.2) is 137 Å². The molecule has 49 heavy (non-hydrogen) atoms. The molecule has 10 heteroatoms. The SMILES string of the molecule is C[C@@H]1[C@H](CSc2ccccc2C(=O)O)O[C@H](c2ccc(-c3cccc(CNS(=O)(=O)c4ccccc4)c3)cc2)O[C@@H]1c1ccc(CO)cc1. The van der Waals surface area contributed by atoms with Gasteiger partial charge in [-0.25, -0.2) is 17.9 Å². The molecule has 0 saturated carbocycles. The molecule has 5 aromatic rings. The van der Waals surface area contributed by atoms with Gasteiger partial charge in [-0.15, -0.1) is 11.8 Å². The Labute approximate surface area is 290 Å². The molecular weight excluding hydrogens is 659 g/mol. The third-order valence-corrected chi connectivity index (χ3v) is 11.2. The molecule has 3 N–H and O–H groups in total. The Bertz CT molecular complexity index is 1980. The van der Waals surface area contributed by atoms with Crippen LogP contribution in [-0.4, -0.2) is 36.5 Å². The summed E-state index contributed by atoms with van der Waals surface area (Å²) in [7, 11) is -3.63. The fourth-order valence-corrected chi connectivity index (χ4v) is 8.06. The Balaban J connectivity index is 1.20. The number of aliphatic hydroxyl groups excluding tert-OH is 1. The number of nitrogens with one attached hydrogen (secondary N) is 1. The zero-order valence-electron chi connectivity index (χ0n) is 26.8. The van der Waals surface area contributed by atoms with Crippen molar-refractivity contribution in [3.8, 4) is 11.1 Å². The lowest BCUT2D eigenvalue weighted by Gasteiger charge is -2.41. The van der Waals surface area contributed by atoms with Gasteiger partial charge in [0.2, 0.25) is 10.0 Å². The van der Waals surface area contributed by atoms with Gasteiger partial charge in [-0.1, -0.05) is 104 Å². The third-order valence-electron chi connectivity index (χ3n) is 8.61. The van der Waals surface area contributed by atoms with Crippen LogP contribution >= 0.6 is 11.8 Å². The van der Waals surface area contributed by atoms with Crippen LogP contribution in [0.1, 0.15) is 51.9 Å². The van der Waals surface area contributed by atoms with Crippen molar-refractivity contribution in [2.24, 2.45) is 5.92 Å². The number of carboxylic acid groups (broad SMARTS) is 1. The molecule has 0 amide bonds. The number of benzene rings is 5. The summed E-state index contributed by atoms with van der Waals surface area (Å²) in [5, 5.41) is 19.3. The molecule has 1 heterocycles. The van der Waals surface area contributed by atoms with Gasteiger partial charge in [0.15, 0.2) is 6.29 Å². The average Bonchev–Trinajstić information content (AvgIpc) is 3.14. The molecule has 5 aromatic carbocycles. The highest BCUT2D eigenvalue weighted by Gasteiger charge is 2.38.